The first kappa shape index (κ1) is 44.9. The largest absolute Gasteiger partial charge is 0.506 e. The summed E-state index contributed by atoms with van der Waals surface area (Å²) in [6.45, 7) is 11.8. The number of likely N-dealkylation sites (tertiary alicyclic amines) is 2. The van der Waals surface area contributed by atoms with Gasteiger partial charge >= 0.3 is 0 Å². The molecule has 0 aromatic heterocycles. The van der Waals surface area contributed by atoms with Crippen LogP contribution in [-0.4, -0.2) is 58.7 Å². The van der Waals surface area contributed by atoms with Crippen molar-refractivity contribution in [2.75, 3.05) is 42.1 Å². The van der Waals surface area contributed by atoms with E-state index in [0.29, 0.717) is 56.6 Å². The third-order valence-electron chi connectivity index (χ3n) is 17.6. The number of hydrogen-bond acceptors (Lipinski definition) is 8. The highest BCUT2D eigenvalue weighted by Gasteiger charge is 2.50. The summed E-state index contributed by atoms with van der Waals surface area (Å²) in [4.78, 5) is 54.0. The lowest BCUT2D eigenvalue weighted by Crippen LogP contribution is -2.46. The van der Waals surface area contributed by atoms with Gasteiger partial charge in [0.2, 0.25) is 5.78 Å². The molecule has 10 nitrogen and oxygen atoms in total. The molecular formula is C66H56N6O4. The molecule has 2 amide bonds. The molecule has 7 aliphatic rings. The molecule has 0 radical (unpaired) electrons. The van der Waals surface area contributed by atoms with Crippen LogP contribution in [0.5, 0.6) is 0 Å². The Labute approximate surface area is 440 Å². The molecule has 8 aromatic carbocycles. The zero-order valence-electron chi connectivity index (χ0n) is 42.9. The Balaban J connectivity index is 0.897. The number of Topliss-reactive ketones (excluding diaryl/α,β-unsaturated/α-hetero) is 1. The number of ketones is 1. The second-order valence-corrected chi connectivity index (χ2v) is 23.1. The first-order chi connectivity index (χ1) is 36.9. The van der Waals surface area contributed by atoms with Gasteiger partial charge in [-0.2, -0.15) is 0 Å². The number of carbonyl (C=O) groups is 3. The lowest BCUT2D eigenvalue weighted by molar-refractivity contribution is -0.109. The molecule has 6 unspecified atom stereocenters. The Kier molecular flexibility index (Phi) is 9.47. The van der Waals surface area contributed by atoms with Crippen molar-refractivity contribution in [1.82, 2.24) is 9.80 Å². The number of aliphatic hydroxyl groups is 1. The molecule has 6 atom stereocenters. The fraction of sp³-hybridized carbons (Fsp3) is 0.242. The minimum atomic E-state index is -1.15. The van der Waals surface area contributed by atoms with Crippen molar-refractivity contribution in [2.24, 2.45) is 28.7 Å². The number of allylic oxidation sites excluding steroid dienone is 2. The monoisotopic (exact) mass is 996 g/mol. The van der Waals surface area contributed by atoms with Gasteiger partial charge in [0.1, 0.15) is 5.76 Å². The van der Waals surface area contributed by atoms with E-state index < -0.39 is 11.3 Å². The first-order valence-corrected chi connectivity index (χ1v) is 27.0. The van der Waals surface area contributed by atoms with E-state index in [2.05, 4.69) is 92.2 Å². The molecule has 4 N–H and O–H groups in total. The SMILES string of the molecule is CC1CC(C)CN(C(=O)c2ccc3c(c2)C2(N=c4c(=C5C(=O)C(c6ccc7cccc8c7c6NC6(N8)c7ccccc7-c7ccc(C(=O)N8CC(C)CC(C)C8)cc76)=C5O)ccc5cccc(c45)N2)c2ccccc2-3)C1. The fourth-order valence-corrected chi connectivity index (χ4v) is 14.7. The molecule has 8 aromatic rings. The van der Waals surface area contributed by atoms with E-state index in [9.17, 15) is 14.7 Å². The Hall–Kier alpha value is -8.50. The smallest absolute Gasteiger partial charge is 0.253 e. The zero-order chi connectivity index (χ0) is 51.5. The van der Waals surface area contributed by atoms with Crippen LogP contribution in [0.1, 0.15) is 89.1 Å². The average Bonchev–Trinajstić information content (AvgIpc) is 4.01. The molecule has 2 fully saturated rings. The summed E-state index contributed by atoms with van der Waals surface area (Å²) in [5.74, 6) is 1.33. The van der Waals surface area contributed by atoms with Crippen LogP contribution in [0.3, 0.4) is 0 Å². The van der Waals surface area contributed by atoms with E-state index >= 15 is 4.79 Å². The quantitative estimate of drug-likeness (QED) is 0.139. The third-order valence-corrected chi connectivity index (χ3v) is 17.6. The molecule has 374 valence electrons. The predicted octanol–water partition coefficient (Wildman–Crippen LogP) is 11.6. The summed E-state index contributed by atoms with van der Waals surface area (Å²) < 4.78 is 0. The number of benzene rings is 8. The molecule has 10 heteroatoms. The van der Waals surface area contributed by atoms with Crippen LogP contribution in [0.15, 0.2) is 156 Å². The van der Waals surface area contributed by atoms with Gasteiger partial charge in [0, 0.05) is 92.5 Å². The summed E-state index contributed by atoms with van der Waals surface area (Å²) in [6.07, 6.45) is 2.20. The van der Waals surface area contributed by atoms with Gasteiger partial charge in [-0.15, -0.1) is 0 Å². The molecule has 0 saturated carbocycles. The van der Waals surface area contributed by atoms with Crippen molar-refractivity contribution in [3.05, 3.63) is 201 Å². The molecule has 4 heterocycles. The zero-order valence-corrected chi connectivity index (χ0v) is 42.9. The molecular weight excluding hydrogens is 941 g/mol. The summed E-state index contributed by atoms with van der Waals surface area (Å²) in [5.41, 5.74) is 10.3. The van der Waals surface area contributed by atoms with E-state index in [-0.39, 0.29) is 34.5 Å². The van der Waals surface area contributed by atoms with Crippen LogP contribution >= 0.6 is 0 Å². The summed E-state index contributed by atoms with van der Waals surface area (Å²) in [7, 11) is 0. The minimum absolute atomic E-state index is 0.0130. The van der Waals surface area contributed by atoms with Gasteiger partial charge in [-0.1, -0.05) is 137 Å². The topological polar surface area (TPSA) is 126 Å². The summed E-state index contributed by atoms with van der Waals surface area (Å²) in [5, 5.41) is 29.3. The van der Waals surface area contributed by atoms with E-state index in [1.54, 1.807) is 0 Å². The standard InChI is InChI=1S/C66H56N6O4/c1-35-27-36(2)32-71(31-35)63(75)41-21-23-45-43-13-5-7-15-49(43)65(51(45)29-41)67-53-17-9-11-39-19-25-47(59(69-65)55(39)53)57-61(73)58(62(57)74)48-26-20-40-12-10-18-54-56(40)60(48)70-66(68-54)50-16-8-6-14-44(50)46-24-22-42(30-52(46)66)64(76)72-33-37(3)28-38(4)34-72/h5-26,29-30,35-38,67-69,73H,27-28,31-34H2,1-4H3. The number of anilines is 3. The predicted molar refractivity (Wildman–Crippen MR) is 301 cm³/mol. The highest BCUT2D eigenvalue weighted by molar-refractivity contribution is 6.52. The second kappa shape index (κ2) is 16.0. The molecule has 3 aliphatic carbocycles. The van der Waals surface area contributed by atoms with Crippen LogP contribution < -0.4 is 26.5 Å². The summed E-state index contributed by atoms with van der Waals surface area (Å²) >= 11 is 0. The van der Waals surface area contributed by atoms with Crippen molar-refractivity contribution in [1.29, 1.82) is 0 Å². The van der Waals surface area contributed by atoms with E-state index in [0.717, 1.165) is 116 Å². The summed E-state index contributed by atoms with van der Waals surface area (Å²) in [6, 6.07) is 48.8. The first-order valence-electron chi connectivity index (χ1n) is 27.0. The number of fused-ring (bicyclic) bond motifs is 10. The maximum atomic E-state index is 15.4. The maximum absolute atomic E-state index is 15.4. The van der Waals surface area contributed by atoms with Crippen molar-refractivity contribution >= 4 is 67.4 Å². The van der Waals surface area contributed by atoms with Gasteiger partial charge in [-0.25, -0.2) is 4.99 Å². The van der Waals surface area contributed by atoms with Gasteiger partial charge in [-0.3, -0.25) is 14.4 Å². The van der Waals surface area contributed by atoms with Crippen molar-refractivity contribution < 1.29 is 19.5 Å². The number of amides is 2. The highest BCUT2D eigenvalue weighted by atomic mass is 16.3. The number of nitrogens with one attached hydrogen (secondary N) is 3. The molecule has 4 aliphatic heterocycles. The lowest BCUT2D eigenvalue weighted by atomic mass is 9.79. The van der Waals surface area contributed by atoms with Gasteiger partial charge < -0.3 is 30.9 Å². The number of rotatable bonds is 3. The fourth-order valence-electron chi connectivity index (χ4n) is 14.7. The number of piperidine rings is 2. The molecule has 76 heavy (non-hydrogen) atoms. The van der Waals surface area contributed by atoms with E-state index in [4.69, 9.17) is 4.99 Å². The molecule has 0 bridgehead atoms. The van der Waals surface area contributed by atoms with Gasteiger partial charge in [0.25, 0.3) is 11.8 Å². The van der Waals surface area contributed by atoms with Crippen molar-refractivity contribution in [3.63, 3.8) is 0 Å². The maximum Gasteiger partial charge on any atom is 0.253 e. The normalized spacial score (nSPS) is 25.0. The van der Waals surface area contributed by atoms with Crippen LogP contribution in [0.4, 0.5) is 17.1 Å². The number of carbonyl (C=O) groups excluding carboxylic acids is 3. The van der Waals surface area contributed by atoms with Gasteiger partial charge in [-0.05, 0) is 106 Å². The van der Waals surface area contributed by atoms with Crippen molar-refractivity contribution in [3.8, 4) is 22.3 Å². The van der Waals surface area contributed by atoms with Crippen LogP contribution in [0.25, 0.3) is 54.9 Å². The average molecular weight is 997 g/mol. The minimum Gasteiger partial charge on any atom is -0.506 e. The number of aliphatic hydroxyl groups excluding tert-OH is 1. The van der Waals surface area contributed by atoms with Crippen LogP contribution in [-0.2, 0) is 16.1 Å². The molecule has 2 saturated heterocycles. The molecule has 2 spiro atoms. The van der Waals surface area contributed by atoms with Gasteiger partial charge in [0.15, 0.2) is 11.3 Å². The lowest BCUT2D eigenvalue weighted by Gasteiger charge is -2.42. The Morgan fingerprint density at radius 1 is 0.526 bits per heavy atom. The molecule has 15 rings (SSSR count). The van der Waals surface area contributed by atoms with E-state index in [1.807, 2.05) is 107 Å². The number of nitrogens with zero attached hydrogens (tertiary/aromatic N) is 3. The Bertz CT molecular complexity index is 4120. The van der Waals surface area contributed by atoms with Crippen molar-refractivity contribution in [2.45, 2.75) is 51.9 Å². The van der Waals surface area contributed by atoms with Crippen LogP contribution in [0, 0.1) is 23.7 Å². The third kappa shape index (κ3) is 6.21. The Morgan fingerprint density at radius 3 is 1.70 bits per heavy atom. The van der Waals surface area contributed by atoms with Crippen LogP contribution in [0.2, 0.25) is 0 Å². The number of hydrogen-bond donors (Lipinski definition) is 4. The second-order valence-electron chi connectivity index (χ2n) is 23.1. The van der Waals surface area contributed by atoms with E-state index in [1.165, 1.54) is 0 Å². The highest BCUT2D eigenvalue weighted by Crippen LogP contribution is 2.56. The Morgan fingerprint density at radius 2 is 1.05 bits per heavy atom. The van der Waals surface area contributed by atoms with Gasteiger partial charge in [0.05, 0.1) is 22.2 Å².